The Morgan fingerprint density at radius 1 is 1.71 bits per heavy atom. The van der Waals surface area contributed by atoms with Gasteiger partial charge in [-0.05, 0) is 31.3 Å². The van der Waals surface area contributed by atoms with Crippen molar-refractivity contribution in [2.75, 3.05) is 13.2 Å². The molecule has 0 spiro atoms. The number of hydrogen-bond donors (Lipinski definition) is 1. The van der Waals surface area contributed by atoms with E-state index in [-0.39, 0.29) is 18.7 Å². The molecule has 17 heavy (non-hydrogen) atoms. The summed E-state index contributed by atoms with van der Waals surface area (Å²) >= 11 is 0. The van der Waals surface area contributed by atoms with E-state index >= 15 is 0 Å². The van der Waals surface area contributed by atoms with Crippen molar-refractivity contribution in [2.45, 2.75) is 25.8 Å². The third-order valence-electron chi connectivity index (χ3n) is 3.19. The highest BCUT2D eigenvalue weighted by atomic mass is 16.5. The topological polar surface area (TPSA) is 47.6 Å². The van der Waals surface area contributed by atoms with Gasteiger partial charge in [-0.25, -0.2) is 4.79 Å². The molecule has 1 fully saturated rings. The third kappa shape index (κ3) is 3.02. The highest BCUT2D eigenvalue weighted by Crippen LogP contribution is 2.48. The summed E-state index contributed by atoms with van der Waals surface area (Å²) in [6.45, 7) is 6.41. The minimum atomic E-state index is -0.363. The minimum absolute atomic E-state index is 0.156. The van der Waals surface area contributed by atoms with Gasteiger partial charge in [-0.2, -0.15) is 0 Å². The molecule has 2 aliphatic rings. The van der Waals surface area contributed by atoms with E-state index in [1.165, 1.54) is 0 Å². The molecule has 0 aromatic rings. The van der Waals surface area contributed by atoms with Gasteiger partial charge in [0, 0.05) is 12.5 Å². The summed E-state index contributed by atoms with van der Waals surface area (Å²) in [7, 11) is 0. The van der Waals surface area contributed by atoms with Crippen LogP contribution in [0.15, 0.2) is 24.5 Å². The first-order valence-electron chi connectivity index (χ1n) is 6.12. The van der Waals surface area contributed by atoms with Crippen LogP contribution < -0.4 is 5.32 Å². The zero-order valence-corrected chi connectivity index (χ0v) is 10.1. The molecule has 0 radical (unpaired) electrons. The van der Waals surface area contributed by atoms with Crippen LogP contribution in [0, 0.1) is 11.8 Å². The van der Waals surface area contributed by atoms with Crippen molar-refractivity contribution in [1.29, 1.82) is 0 Å². The van der Waals surface area contributed by atoms with Crippen LogP contribution in [0.25, 0.3) is 0 Å². The van der Waals surface area contributed by atoms with Crippen molar-refractivity contribution in [3.63, 3.8) is 0 Å². The molecule has 0 aliphatic heterocycles. The first-order chi connectivity index (χ1) is 8.24. The van der Waals surface area contributed by atoms with E-state index < -0.39 is 0 Å². The fourth-order valence-corrected chi connectivity index (χ4v) is 2.34. The van der Waals surface area contributed by atoms with Crippen molar-refractivity contribution >= 4 is 6.09 Å². The average Bonchev–Trinajstić information content (AvgIpc) is 3.06. The number of amides is 1. The van der Waals surface area contributed by atoms with Crippen LogP contribution in [0.1, 0.15) is 19.8 Å². The van der Waals surface area contributed by atoms with E-state index in [9.17, 15) is 4.79 Å². The van der Waals surface area contributed by atoms with E-state index in [1.807, 2.05) is 6.92 Å². The van der Waals surface area contributed by atoms with E-state index in [4.69, 9.17) is 9.47 Å². The average molecular weight is 237 g/mol. The molecule has 4 heteroatoms. The fourth-order valence-electron chi connectivity index (χ4n) is 2.34. The molecule has 0 unspecified atom stereocenters. The van der Waals surface area contributed by atoms with Gasteiger partial charge in [0.2, 0.25) is 0 Å². The maximum Gasteiger partial charge on any atom is 0.407 e. The Morgan fingerprint density at radius 3 is 3.24 bits per heavy atom. The van der Waals surface area contributed by atoms with E-state index in [0.717, 1.165) is 18.6 Å². The molecule has 2 aliphatic carbocycles. The van der Waals surface area contributed by atoms with Crippen LogP contribution in [-0.4, -0.2) is 25.3 Å². The second-order valence-corrected chi connectivity index (χ2v) is 4.47. The monoisotopic (exact) mass is 237 g/mol. The van der Waals surface area contributed by atoms with Gasteiger partial charge >= 0.3 is 6.09 Å². The normalized spacial score (nSPS) is 29.7. The maximum atomic E-state index is 11.5. The number of allylic oxidation sites excluding steroid dienone is 1. The maximum absolute atomic E-state index is 11.5. The number of rotatable bonds is 5. The minimum Gasteiger partial charge on any atom is -0.498 e. The van der Waals surface area contributed by atoms with Crippen molar-refractivity contribution in [3.8, 4) is 0 Å². The third-order valence-corrected chi connectivity index (χ3v) is 3.19. The Balaban J connectivity index is 1.84. The Morgan fingerprint density at radius 2 is 2.53 bits per heavy atom. The molecule has 0 heterocycles. The van der Waals surface area contributed by atoms with Gasteiger partial charge in [-0.3, -0.25) is 0 Å². The summed E-state index contributed by atoms with van der Waals surface area (Å²) in [6, 6.07) is 0.156. The van der Waals surface area contributed by atoms with Crippen LogP contribution in [0.4, 0.5) is 4.79 Å². The molecule has 94 valence electrons. The van der Waals surface area contributed by atoms with Gasteiger partial charge in [0.1, 0.15) is 6.61 Å². The summed E-state index contributed by atoms with van der Waals surface area (Å²) in [5.41, 5.74) is 0. The molecule has 1 amide bonds. The predicted octanol–water partition coefficient (Wildman–Crippen LogP) is 2.23. The van der Waals surface area contributed by atoms with Gasteiger partial charge < -0.3 is 14.8 Å². The summed E-state index contributed by atoms with van der Waals surface area (Å²) in [5, 5.41) is 2.90. The largest absolute Gasteiger partial charge is 0.498 e. The van der Waals surface area contributed by atoms with Gasteiger partial charge in [0.05, 0.1) is 12.4 Å². The first-order valence-corrected chi connectivity index (χ1v) is 6.12. The van der Waals surface area contributed by atoms with Crippen molar-refractivity contribution < 1.29 is 14.3 Å². The molecule has 2 rings (SSSR count). The van der Waals surface area contributed by atoms with Gasteiger partial charge in [-0.15, -0.1) is 0 Å². The van der Waals surface area contributed by atoms with E-state index in [1.54, 1.807) is 6.08 Å². The van der Waals surface area contributed by atoms with Crippen molar-refractivity contribution in [3.05, 3.63) is 24.5 Å². The molecular weight excluding hydrogens is 218 g/mol. The lowest BCUT2D eigenvalue weighted by atomic mass is 10.0. The number of alkyl carbamates (subject to hydrolysis) is 1. The van der Waals surface area contributed by atoms with E-state index in [0.29, 0.717) is 18.4 Å². The highest BCUT2D eigenvalue weighted by molar-refractivity contribution is 5.68. The molecule has 4 nitrogen and oxygen atoms in total. The molecule has 0 aromatic carbocycles. The number of fused-ring (bicyclic) bond motifs is 1. The second kappa shape index (κ2) is 5.25. The molecule has 0 bridgehead atoms. The number of hydrogen-bond acceptors (Lipinski definition) is 3. The van der Waals surface area contributed by atoms with Crippen LogP contribution in [-0.2, 0) is 9.47 Å². The van der Waals surface area contributed by atoms with Gasteiger partial charge in [0.25, 0.3) is 0 Å². The summed E-state index contributed by atoms with van der Waals surface area (Å²) in [6.07, 6.45) is 5.31. The summed E-state index contributed by atoms with van der Waals surface area (Å²) < 4.78 is 10.5. The fraction of sp³-hybridized carbons (Fsp3) is 0.615. The number of carbonyl (C=O) groups excluding carboxylic acids is 1. The SMILES string of the molecule is C=CCOC(=O)N[C@H]1CC(OCC)=C[C@@H]2C[C@@H]21. The van der Waals surface area contributed by atoms with Crippen LogP contribution in [0.5, 0.6) is 0 Å². The first kappa shape index (κ1) is 12.0. The lowest BCUT2D eigenvalue weighted by Crippen LogP contribution is -2.38. The molecule has 0 saturated heterocycles. The molecule has 3 atom stereocenters. The smallest absolute Gasteiger partial charge is 0.407 e. The zero-order chi connectivity index (χ0) is 12.3. The van der Waals surface area contributed by atoms with Crippen molar-refractivity contribution in [1.82, 2.24) is 5.32 Å². The Hall–Kier alpha value is -1.45. The van der Waals surface area contributed by atoms with Crippen LogP contribution >= 0.6 is 0 Å². The Labute approximate surface area is 102 Å². The standard InChI is InChI=1S/C13H19NO3/c1-3-5-17-13(15)14-12-8-10(16-4-2)6-9-7-11(9)12/h3,6,9,11-12H,1,4-5,7-8H2,2H3,(H,14,15)/t9-,11+,12+/m1/s1. The molecule has 1 saturated carbocycles. The summed E-state index contributed by atoms with van der Waals surface area (Å²) in [5.74, 6) is 2.14. The van der Waals surface area contributed by atoms with Crippen molar-refractivity contribution in [2.24, 2.45) is 11.8 Å². The molecule has 1 N–H and O–H groups in total. The predicted molar refractivity (Wildman–Crippen MR) is 64.4 cm³/mol. The quantitative estimate of drug-likeness (QED) is 0.746. The zero-order valence-electron chi connectivity index (χ0n) is 10.1. The van der Waals surface area contributed by atoms with Crippen LogP contribution in [0.2, 0.25) is 0 Å². The van der Waals surface area contributed by atoms with Crippen LogP contribution in [0.3, 0.4) is 0 Å². The van der Waals surface area contributed by atoms with Gasteiger partial charge in [0.15, 0.2) is 0 Å². The number of ether oxygens (including phenoxy) is 2. The molecule has 0 aromatic heterocycles. The Kier molecular flexibility index (Phi) is 3.71. The number of carbonyl (C=O) groups is 1. The Bertz CT molecular complexity index is 338. The lowest BCUT2D eigenvalue weighted by Gasteiger charge is -2.23. The lowest BCUT2D eigenvalue weighted by molar-refractivity contribution is 0.147. The number of nitrogens with one attached hydrogen (secondary N) is 1. The molecular formula is C13H19NO3. The van der Waals surface area contributed by atoms with E-state index in [2.05, 4.69) is 18.0 Å². The summed E-state index contributed by atoms with van der Waals surface area (Å²) in [4.78, 5) is 11.5. The van der Waals surface area contributed by atoms with Gasteiger partial charge in [-0.1, -0.05) is 12.7 Å². The highest BCUT2D eigenvalue weighted by Gasteiger charge is 2.46. The second-order valence-electron chi connectivity index (χ2n) is 4.47.